The molecular formula is C28H36N4O. The molecule has 1 amide bonds. The minimum absolute atomic E-state index is 0.160. The van der Waals surface area contributed by atoms with Crippen molar-refractivity contribution < 1.29 is 4.79 Å². The third-order valence-corrected chi connectivity index (χ3v) is 6.85. The maximum absolute atomic E-state index is 12.8. The van der Waals surface area contributed by atoms with Crippen LogP contribution in [0.5, 0.6) is 0 Å². The molecule has 3 aromatic rings. The molecule has 174 valence electrons. The van der Waals surface area contributed by atoms with Crippen LogP contribution in [0.2, 0.25) is 0 Å². The number of aromatic nitrogens is 2. The van der Waals surface area contributed by atoms with Crippen LogP contribution in [0, 0.1) is 19.8 Å². The highest BCUT2D eigenvalue weighted by Crippen LogP contribution is 2.28. The van der Waals surface area contributed by atoms with E-state index in [9.17, 15) is 4.79 Å². The van der Waals surface area contributed by atoms with Crippen LogP contribution in [0.3, 0.4) is 0 Å². The van der Waals surface area contributed by atoms with Gasteiger partial charge in [0.25, 0.3) is 0 Å². The predicted octanol–water partition coefficient (Wildman–Crippen LogP) is 5.24. The lowest BCUT2D eigenvalue weighted by Crippen LogP contribution is -2.42. The van der Waals surface area contributed by atoms with E-state index in [1.54, 1.807) is 0 Å². The minimum atomic E-state index is 0.160. The molecule has 0 bridgehead atoms. The van der Waals surface area contributed by atoms with Crippen LogP contribution >= 0.6 is 0 Å². The fraction of sp³-hybridized carbons (Fsp3) is 0.429. The van der Waals surface area contributed by atoms with Crippen molar-refractivity contribution in [3.63, 3.8) is 0 Å². The molecule has 0 aliphatic carbocycles. The van der Waals surface area contributed by atoms with Crippen LogP contribution in [-0.4, -0.2) is 51.7 Å². The Balaban J connectivity index is 1.56. The molecule has 0 atom stereocenters. The van der Waals surface area contributed by atoms with Crippen molar-refractivity contribution in [3.05, 3.63) is 71.4 Å². The van der Waals surface area contributed by atoms with Crippen molar-refractivity contribution in [3.8, 4) is 16.9 Å². The van der Waals surface area contributed by atoms with Crippen molar-refractivity contribution in [2.75, 3.05) is 26.2 Å². The van der Waals surface area contributed by atoms with Crippen molar-refractivity contribution in [1.82, 2.24) is 19.6 Å². The lowest BCUT2D eigenvalue weighted by atomic mass is 9.94. The molecule has 1 fully saturated rings. The van der Waals surface area contributed by atoms with Gasteiger partial charge in [0, 0.05) is 42.9 Å². The highest BCUT2D eigenvalue weighted by Gasteiger charge is 2.28. The number of benzene rings is 2. The molecule has 0 unspecified atom stereocenters. The first-order valence-electron chi connectivity index (χ1n) is 12.2. The van der Waals surface area contributed by atoms with Gasteiger partial charge in [0.05, 0.1) is 11.4 Å². The van der Waals surface area contributed by atoms with E-state index in [-0.39, 0.29) is 5.92 Å². The van der Waals surface area contributed by atoms with Crippen LogP contribution < -0.4 is 0 Å². The number of carbonyl (C=O) groups is 1. The number of hydrogen-bond donors (Lipinski definition) is 0. The molecule has 1 aliphatic heterocycles. The summed E-state index contributed by atoms with van der Waals surface area (Å²) in [5.41, 5.74) is 6.98. The Morgan fingerprint density at radius 1 is 1.03 bits per heavy atom. The van der Waals surface area contributed by atoms with Gasteiger partial charge in [0.2, 0.25) is 5.91 Å². The summed E-state index contributed by atoms with van der Waals surface area (Å²) in [4.78, 5) is 17.2. The van der Waals surface area contributed by atoms with E-state index in [1.807, 2.05) is 15.6 Å². The number of rotatable bonds is 7. The Labute approximate surface area is 198 Å². The molecule has 2 heterocycles. The fourth-order valence-electron chi connectivity index (χ4n) is 4.83. The average Bonchev–Trinajstić information content (AvgIpc) is 3.26. The summed E-state index contributed by atoms with van der Waals surface area (Å²) in [5.74, 6) is 0.486. The van der Waals surface area contributed by atoms with Gasteiger partial charge in [-0.25, -0.2) is 4.68 Å². The average molecular weight is 445 g/mol. The van der Waals surface area contributed by atoms with Crippen LogP contribution in [0.25, 0.3) is 16.9 Å². The van der Waals surface area contributed by atoms with Crippen molar-refractivity contribution in [2.24, 2.45) is 5.92 Å². The maximum Gasteiger partial charge on any atom is 0.225 e. The first-order valence-corrected chi connectivity index (χ1v) is 12.2. The van der Waals surface area contributed by atoms with Gasteiger partial charge in [-0.3, -0.25) is 9.69 Å². The number of likely N-dealkylation sites (tertiary alicyclic amines) is 1. The zero-order chi connectivity index (χ0) is 23.4. The number of nitrogens with zero attached hydrogens (tertiary/aromatic N) is 4. The van der Waals surface area contributed by atoms with E-state index in [4.69, 9.17) is 5.10 Å². The topological polar surface area (TPSA) is 41.4 Å². The van der Waals surface area contributed by atoms with Gasteiger partial charge in [-0.1, -0.05) is 42.5 Å². The molecule has 1 saturated heterocycles. The first-order chi connectivity index (χ1) is 16.0. The second kappa shape index (κ2) is 10.3. The molecule has 0 spiro atoms. The Hall–Kier alpha value is -2.92. The van der Waals surface area contributed by atoms with Gasteiger partial charge >= 0.3 is 0 Å². The minimum Gasteiger partial charge on any atom is -0.343 e. The van der Waals surface area contributed by atoms with E-state index in [1.165, 1.54) is 16.7 Å². The molecular weight excluding hydrogens is 408 g/mol. The van der Waals surface area contributed by atoms with Gasteiger partial charge in [0.1, 0.15) is 0 Å². The second-order valence-electron chi connectivity index (χ2n) is 9.16. The zero-order valence-electron chi connectivity index (χ0n) is 20.4. The SMILES string of the molecule is CCN(CC)C(=O)C1CCN(Cc2cn(-c3cc(C)ccc3C)nc2-c2ccccc2)CC1. The van der Waals surface area contributed by atoms with Gasteiger partial charge in [-0.15, -0.1) is 0 Å². The number of amides is 1. The van der Waals surface area contributed by atoms with Crippen molar-refractivity contribution in [2.45, 2.75) is 47.1 Å². The second-order valence-corrected chi connectivity index (χ2v) is 9.16. The van der Waals surface area contributed by atoms with Crippen molar-refractivity contribution >= 4 is 5.91 Å². The normalized spacial score (nSPS) is 15.0. The summed E-state index contributed by atoms with van der Waals surface area (Å²) in [6.07, 6.45) is 4.06. The number of aryl methyl sites for hydroxylation is 2. The smallest absolute Gasteiger partial charge is 0.225 e. The highest BCUT2D eigenvalue weighted by atomic mass is 16.2. The van der Waals surface area contributed by atoms with Crippen molar-refractivity contribution in [1.29, 1.82) is 0 Å². The van der Waals surface area contributed by atoms with Gasteiger partial charge in [-0.2, -0.15) is 5.10 Å². The Kier molecular flexibility index (Phi) is 7.29. The largest absolute Gasteiger partial charge is 0.343 e. The summed E-state index contributed by atoms with van der Waals surface area (Å²) in [6, 6.07) is 17.0. The van der Waals surface area contributed by atoms with Crippen LogP contribution in [0.1, 0.15) is 43.4 Å². The summed E-state index contributed by atoms with van der Waals surface area (Å²) in [5, 5.41) is 5.04. The molecule has 0 saturated carbocycles. The summed E-state index contributed by atoms with van der Waals surface area (Å²) in [7, 11) is 0. The van der Waals surface area contributed by atoms with Crippen LogP contribution in [0.15, 0.2) is 54.7 Å². The number of hydrogen-bond acceptors (Lipinski definition) is 3. The quantitative estimate of drug-likeness (QED) is 0.501. The lowest BCUT2D eigenvalue weighted by Gasteiger charge is -2.33. The molecule has 1 aliphatic rings. The molecule has 4 rings (SSSR count). The van der Waals surface area contributed by atoms with Crippen LogP contribution in [-0.2, 0) is 11.3 Å². The first kappa shape index (κ1) is 23.2. The highest BCUT2D eigenvalue weighted by molar-refractivity contribution is 5.78. The molecule has 2 aromatic carbocycles. The van der Waals surface area contributed by atoms with E-state index in [0.29, 0.717) is 5.91 Å². The Morgan fingerprint density at radius 2 is 1.73 bits per heavy atom. The summed E-state index contributed by atoms with van der Waals surface area (Å²) in [6.45, 7) is 12.7. The van der Waals surface area contributed by atoms with Gasteiger partial charge in [0.15, 0.2) is 0 Å². The van der Waals surface area contributed by atoms with E-state index >= 15 is 0 Å². The van der Waals surface area contributed by atoms with Crippen LogP contribution in [0.4, 0.5) is 0 Å². The Morgan fingerprint density at radius 3 is 2.39 bits per heavy atom. The standard InChI is InChI=1S/C28H36N4O/c1-5-31(6-2)28(33)24-14-16-30(17-15-24)19-25-20-32(26-18-21(3)12-13-22(26)4)29-27(25)23-10-8-7-9-11-23/h7-13,18,20,24H,5-6,14-17,19H2,1-4H3. The number of carbonyl (C=O) groups excluding carboxylic acids is 1. The lowest BCUT2D eigenvalue weighted by molar-refractivity contribution is -0.136. The maximum atomic E-state index is 12.8. The fourth-order valence-corrected chi connectivity index (χ4v) is 4.83. The van der Waals surface area contributed by atoms with E-state index in [0.717, 1.165) is 62.5 Å². The molecule has 33 heavy (non-hydrogen) atoms. The summed E-state index contributed by atoms with van der Waals surface area (Å²) < 4.78 is 2.04. The molecule has 5 nitrogen and oxygen atoms in total. The van der Waals surface area contributed by atoms with E-state index < -0.39 is 0 Å². The predicted molar refractivity (Wildman–Crippen MR) is 134 cm³/mol. The summed E-state index contributed by atoms with van der Waals surface area (Å²) >= 11 is 0. The molecule has 5 heteroatoms. The zero-order valence-corrected chi connectivity index (χ0v) is 20.4. The monoisotopic (exact) mass is 444 g/mol. The molecule has 1 aromatic heterocycles. The molecule has 0 radical (unpaired) electrons. The van der Waals surface area contributed by atoms with Gasteiger partial charge < -0.3 is 4.90 Å². The number of piperidine rings is 1. The molecule has 0 N–H and O–H groups in total. The van der Waals surface area contributed by atoms with Gasteiger partial charge in [-0.05, 0) is 70.8 Å². The van der Waals surface area contributed by atoms with E-state index in [2.05, 4.69) is 81.3 Å². The third-order valence-electron chi connectivity index (χ3n) is 6.85. The Bertz CT molecular complexity index is 1080. The third kappa shape index (κ3) is 5.19.